The summed E-state index contributed by atoms with van der Waals surface area (Å²) in [6.07, 6.45) is 0. The van der Waals surface area contributed by atoms with Crippen LogP contribution in [0.3, 0.4) is 0 Å². The molecule has 2 aromatic rings. The van der Waals surface area contributed by atoms with Gasteiger partial charge in [0.05, 0.1) is 21.5 Å². The first-order valence-corrected chi connectivity index (χ1v) is 7.51. The molecule has 0 heterocycles. The third-order valence-corrected chi connectivity index (χ3v) is 4.00. The van der Waals surface area contributed by atoms with Crippen LogP contribution in [0.4, 0.5) is 17.1 Å². The molecule has 0 aliphatic heterocycles. The summed E-state index contributed by atoms with van der Waals surface area (Å²) in [7, 11) is 0. The van der Waals surface area contributed by atoms with E-state index in [1.807, 2.05) is 19.1 Å². The van der Waals surface area contributed by atoms with Gasteiger partial charge in [0.15, 0.2) is 0 Å². The number of nitrogens with zero attached hydrogens (tertiary/aromatic N) is 2. The van der Waals surface area contributed by atoms with Crippen molar-refractivity contribution >= 4 is 34.6 Å². The van der Waals surface area contributed by atoms with Crippen LogP contribution in [-0.2, 0) is 0 Å². The smallest absolute Gasteiger partial charge is 0.295 e. The Hall–Kier alpha value is -3.00. The molecule has 1 amide bonds. The second-order valence-corrected chi connectivity index (χ2v) is 5.95. The summed E-state index contributed by atoms with van der Waals surface area (Å²) in [6, 6.07) is 5.37. The van der Waals surface area contributed by atoms with Crippen molar-refractivity contribution < 1.29 is 14.6 Å². The molecule has 0 aliphatic rings. The Morgan fingerprint density at radius 1 is 1.00 bits per heavy atom. The minimum Gasteiger partial charge on any atom is -0.321 e. The molecule has 0 aromatic heterocycles. The molecule has 0 bridgehead atoms. The summed E-state index contributed by atoms with van der Waals surface area (Å²) in [4.78, 5) is 32.9. The van der Waals surface area contributed by atoms with Crippen molar-refractivity contribution in [1.29, 1.82) is 0 Å². The average Bonchev–Trinajstić information content (AvgIpc) is 2.50. The number of aryl methyl sites for hydroxylation is 3. The summed E-state index contributed by atoms with van der Waals surface area (Å²) in [5, 5.41) is 24.2. The van der Waals surface area contributed by atoms with Gasteiger partial charge in [0, 0.05) is 11.8 Å². The fourth-order valence-electron chi connectivity index (χ4n) is 2.56. The molecule has 1 N–H and O–H groups in total. The summed E-state index contributed by atoms with van der Waals surface area (Å²) >= 11 is 5.92. The molecule has 2 aromatic carbocycles. The maximum absolute atomic E-state index is 12.5. The monoisotopic (exact) mass is 363 g/mol. The van der Waals surface area contributed by atoms with Crippen molar-refractivity contribution in [3.8, 4) is 0 Å². The molecule has 0 saturated heterocycles. The zero-order valence-corrected chi connectivity index (χ0v) is 14.4. The van der Waals surface area contributed by atoms with Gasteiger partial charge in [-0.3, -0.25) is 25.0 Å². The Kier molecular flexibility index (Phi) is 5.03. The van der Waals surface area contributed by atoms with Crippen molar-refractivity contribution in [1.82, 2.24) is 0 Å². The molecule has 0 radical (unpaired) electrons. The van der Waals surface area contributed by atoms with Crippen LogP contribution in [0.25, 0.3) is 0 Å². The van der Waals surface area contributed by atoms with Crippen LogP contribution in [0, 0.1) is 41.0 Å². The van der Waals surface area contributed by atoms with Gasteiger partial charge in [0.2, 0.25) is 0 Å². The lowest BCUT2D eigenvalue weighted by Gasteiger charge is -2.13. The molecule has 0 spiro atoms. The minimum atomic E-state index is -0.867. The number of non-ortho nitro benzene ring substituents is 1. The van der Waals surface area contributed by atoms with Gasteiger partial charge in [-0.15, -0.1) is 0 Å². The van der Waals surface area contributed by atoms with E-state index in [2.05, 4.69) is 5.32 Å². The summed E-state index contributed by atoms with van der Waals surface area (Å²) in [5.41, 5.74) is 1.51. The van der Waals surface area contributed by atoms with E-state index in [1.165, 1.54) is 0 Å². The number of nitro benzene ring substituents is 2. The normalized spacial score (nSPS) is 10.4. The van der Waals surface area contributed by atoms with E-state index in [-0.39, 0.29) is 5.56 Å². The molecular formula is C16H14ClN3O5. The van der Waals surface area contributed by atoms with E-state index in [0.29, 0.717) is 5.69 Å². The third-order valence-electron chi connectivity index (χ3n) is 3.61. The number of rotatable bonds is 4. The maximum atomic E-state index is 12.5. The van der Waals surface area contributed by atoms with E-state index in [9.17, 15) is 25.0 Å². The second-order valence-electron chi connectivity index (χ2n) is 5.57. The van der Waals surface area contributed by atoms with E-state index in [0.717, 1.165) is 28.8 Å². The van der Waals surface area contributed by atoms with E-state index in [4.69, 9.17) is 11.6 Å². The van der Waals surface area contributed by atoms with Crippen molar-refractivity contribution in [2.75, 3.05) is 5.32 Å². The van der Waals surface area contributed by atoms with Gasteiger partial charge in [-0.2, -0.15) is 0 Å². The first-order chi connectivity index (χ1) is 11.6. The van der Waals surface area contributed by atoms with E-state index < -0.39 is 32.2 Å². The molecule has 130 valence electrons. The number of benzene rings is 2. The molecule has 0 unspecified atom stereocenters. The van der Waals surface area contributed by atoms with Gasteiger partial charge in [0.25, 0.3) is 17.3 Å². The lowest BCUT2D eigenvalue weighted by Crippen LogP contribution is -2.15. The topological polar surface area (TPSA) is 115 Å². The Morgan fingerprint density at radius 3 is 2.04 bits per heavy atom. The zero-order valence-electron chi connectivity index (χ0n) is 13.6. The standard InChI is InChI=1S/C16H14ClN3O5/c1-8-4-9(2)15(10(3)5-8)18-16(21)12-6-11(19(22)23)7-13(14(12)17)20(24)25/h4-7H,1-3H3,(H,18,21). The Morgan fingerprint density at radius 2 is 1.56 bits per heavy atom. The van der Waals surface area contributed by atoms with Crippen LogP contribution >= 0.6 is 11.6 Å². The highest BCUT2D eigenvalue weighted by molar-refractivity contribution is 6.36. The summed E-state index contributed by atoms with van der Waals surface area (Å²) in [6.45, 7) is 5.51. The van der Waals surface area contributed by atoms with Crippen LogP contribution in [-0.4, -0.2) is 15.8 Å². The van der Waals surface area contributed by atoms with Crippen molar-refractivity contribution in [3.63, 3.8) is 0 Å². The van der Waals surface area contributed by atoms with Gasteiger partial charge in [-0.1, -0.05) is 29.3 Å². The first-order valence-electron chi connectivity index (χ1n) is 7.13. The van der Waals surface area contributed by atoms with Crippen molar-refractivity contribution in [3.05, 3.63) is 71.8 Å². The lowest BCUT2D eigenvalue weighted by molar-refractivity contribution is -0.394. The number of nitro groups is 2. The van der Waals surface area contributed by atoms with Crippen LogP contribution < -0.4 is 5.32 Å². The molecular weight excluding hydrogens is 350 g/mol. The minimum absolute atomic E-state index is 0.332. The van der Waals surface area contributed by atoms with Crippen LogP contribution in [0.2, 0.25) is 5.02 Å². The highest BCUT2D eigenvalue weighted by atomic mass is 35.5. The van der Waals surface area contributed by atoms with Gasteiger partial charge in [-0.05, 0) is 31.9 Å². The van der Waals surface area contributed by atoms with Crippen LogP contribution in [0.15, 0.2) is 24.3 Å². The predicted octanol–water partition coefficient (Wildman–Crippen LogP) is 4.33. The highest BCUT2D eigenvalue weighted by Gasteiger charge is 2.26. The van der Waals surface area contributed by atoms with Crippen molar-refractivity contribution in [2.45, 2.75) is 20.8 Å². The fraction of sp³-hybridized carbons (Fsp3) is 0.188. The zero-order chi connectivity index (χ0) is 18.9. The fourth-order valence-corrected chi connectivity index (χ4v) is 2.82. The lowest BCUT2D eigenvalue weighted by atomic mass is 10.0. The van der Waals surface area contributed by atoms with Crippen LogP contribution in [0.1, 0.15) is 27.0 Å². The molecule has 0 saturated carbocycles. The van der Waals surface area contributed by atoms with Crippen molar-refractivity contribution in [2.24, 2.45) is 0 Å². The Labute approximate surface area is 147 Å². The Balaban J connectivity index is 2.53. The van der Waals surface area contributed by atoms with Crippen LogP contribution in [0.5, 0.6) is 0 Å². The highest BCUT2D eigenvalue weighted by Crippen LogP contribution is 2.33. The molecule has 0 aliphatic carbocycles. The number of nitrogens with one attached hydrogen (secondary N) is 1. The largest absolute Gasteiger partial charge is 0.321 e. The molecule has 0 atom stereocenters. The SMILES string of the molecule is Cc1cc(C)c(NC(=O)c2cc([N+](=O)[O-])cc([N+](=O)[O-])c2Cl)c(C)c1. The number of amides is 1. The molecule has 2 rings (SSSR count). The number of carbonyl (C=O) groups excluding carboxylic acids is 1. The van der Waals surface area contributed by atoms with Gasteiger partial charge >= 0.3 is 0 Å². The number of hydrogen-bond acceptors (Lipinski definition) is 5. The van der Waals surface area contributed by atoms with Gasteiger partial charge < -0.3 is 5.32 Å². The molecule has 25 heavy (non-hydrogen) atoms. The second kappa shape index (κ2) is 6.86. The summed E-state index contributed by atoms with van der Waals surface area (Å²) in [5.74, 6) is -0.758. The maximum Gasteiger partial charge on any atom is 0.295 e. The average molecular weight is 364 g/mol. The van der Waals surface area contributed by atoms with Gasteiger partial charge in [-0.25, -0.2) is 0 Å². The predicted molar refractivity (Wildman–Crippen MR) is 93.4 cm³/mol. The number of halogens is 1. The molecule has 0 fully saturated rings. The third kappa shape index (κ3) is 3.74. The number of carbonyl (C=O) groups is 1. The number of hydrogen-bond donors (Lipinski definition) is 1. The first kappa shape index (κ1) is 18.3. The quantitative estimate of drug-likeness (QED) is 0.640. The van der Waals surface area contributed by atoms with E-state index >= 15 is 0 Å². The number of anilines is 1. The molecule has 9 heteroatoms. The Bertz CT molecular complexity index is 888. The molecule has 8 nitrogen and oxygen atoms in total. The summed E-state index contributed by atoms with van der Waals surface area (Å²) < 4.78 is 0. The van der Waals surface area contributed by atoms with Gasteiger partial charge in [0.1, 0.15) is 5.02 Å². The van der Waals surface area contributed by atoms with E-state index in [1.54, 1.807) is 13.8 Å².